The molecule has 0 spiro atoms. The van der Waals surface area contributed by atoms with Crippen molar-refractivity contribution in [2.45, 2.75) is 37.1 Å². The maximum Gasteiger partial charge on any atom is 0.257 e. The molecule has 1 aliphatic carbocycles. The van der Waals surface area contributed by atoms with Crippen LogP contribution in [0.5, 0.6) is 0 Å². The minimum Gasteiger partial charge on any atom is -0.391 e. The van der Waals surface area contributed by atoms with E-state index in [1.165, 1.54) is 6.20 Å². The van der Waals surface area contributed by atoms with Gasteiger partial charge < -0.3 is 30.2 Å². The minimum atomic E-state index is -0.594. The predicted molar refractivity (Wildman–Crippen MR) is 123 cm³/mol. The molecule has 5 heterocycles. The molecule has 34 heavy (non-hydrogen) atoms. The molecule has 176 valence electrons. The van der Waals surface area contributed by atoms with E-state index in [2.05, 4.69) is 20.7 Å². The third-order valence-corrected chi connectivity index (χ3v) is 6.78. The molecule has 0 radical (unpaired) electrons. The number of nitrogens with one attached hydrogen (secondary N) is 2. The summed E-state index contributed by atoms with van der Waals surface area (Å²) >= 11 is 0. The van der Waals surface area contributed by atoms with Gasteiger partial charge in [-0.05, 0) is 25.0 Å². The lowest BCUT2D eigenvalue weighted by Crippen LogP contribution is -2.50. The molecule has 4 aliphatic rings. The topological polar surface area (TPSA) is 139 Å². The normalized spacial score (nSPS) is 24.4. The van der Waals surface area contributed by atoms with Crippen LogP contribution < -0.4 is 10.6 Å². The van der Waals surface area contributed by atoms with Gasteiger partial charge in [-0.3, -0.25) is 4.79 Å². The summed E-state index contributed by atoms with van der Waals surface area (Å²) in [5.74, 6) is 1.08. The zero-order valence-corrected chi connectivity index (χ0v) is 18.5. The number of aliphatic hydroxyl groups excluding tert-OH is 2. The molecule has 4 N–H and O–H groups in total. The van der Waals surface area contributed by atoms with Crippen LogP contribution in [0.4, 0.5) is 5.82 Å². The van der Waals surface area contributed by atoms with Crippen molar-refractivity contribution in [3.63, 3.8) is 0 Å². The van der Waals surface area contributed by atoms with Crippen LogP contribution in [0.1, 0.15) is 29.2 Å². The smallest absolute Gasteiger partial charge is 0.257 e. The molecule has 6 rings (SSSR count). The highest BCUT2D eigenvalue weighted by Gasteiger charge is 2.32. The molecule has 1 saturated carbocycles. The van der Waals surface area contributed by atoms with E-state index in [1.807, 2.05) is 29.0 Å². The second-order valence-electron chi connectivity index (χ2n) is 8.79. The van der Waals surface area contributed by atoms with Gasteiger partial charge in [0.15, 0.2) is 5.65 Å². The van der Waals surface area contributed by atoms with Gasteiger partial charge in [-0.1, -0.05) is 0 Å². The van der Waals surface area contributed by atoms with Gasteiger partial charge in [-0.15, -0.1) is 0 Å². The zero-order chi connectivity index (χ0) is 23.4. The highest BCUT2D eigenvalue weighted by Crippen LogP contribution is 2.36. The molecule has 1 saturated heterocycles. The van der Waals surface area contributed by atoms with Crippen LogP contribution in [0.3, 0.4) is 0 Å². The van der Waals surface area contributed by atoms with E-state index in [9.17, 15) is 15.0 Å². The first kappa shape index (κ1) is 21.0. The molecule has 3 aliphatic heterocycles. The lowest BCUT2D eigenvalue weighted by molar-refractivity contribution is 0.0448. The van der Waals surface area contributed by atoms with E-state index in [0.29, 0.717) is 42.4 Å². The molecule has 2 fully saturated rings. The predicted octanol–water partition coefficient (Wildman–Crippen LogP) is 0.925. The first-order valence-electron chi connectivity index (χ1n) is 11.3. The molecular formula is C23H25N7O4. The van der Waals surface area contributed by atoms with Gasteiger partial charge in [0.1, 0.15) is 23.3 Å². The van der Waals surface area contributed by atoms with Gasteiger partial charge in [0, 0.05) is 36.6 Å². The van der Waals surface area contributed by atoms with E-state index in [0.717, 1.165) is 23.4 Å². The van der Waals surface area contributed by atoms with Crippen molar-refractivity contribution < 1.29 is 19.7 Å². The summed E-state index contributed by atoms with van der Waals surface area (Å²) in [6.07, 6.45) is 5.46. The van der Waals surface area contributed by atoms with Crippen LogP contribution in [0.25, 0.3) is 28.3 Å². The average Bonchev–Trinajstić information content (AvgIpc) is 3.58. The number of ether oxygens (including phenoxy) is 1. The number of carbonyl (C=O) groups is 1. The van der Waals surface area contributed by atoms with Crippen LogP contribution >= 0.6 is 0 Å². The van der Waals surface area contributed by atoms with Gasteiger partial charge in [0.05, 0.1) is 43.3 Å². The molecule has 2 aromatic rings. The monoisotopic (exact) mass is 463 g/mol. The van der Waals surface area contributed by atoms with Crippen molar-refractivity contribution in [2.24, 2.45) is 0 Å². The maximum absolute atomic E-state index is 12.9. The van der Waals surface area contributed by atoms with Crippen LogP contribution in [0.2, 0.25) is 0 Å². The fourth-order valence-corrected chi connectivity index (χ4v) is 4.66. The average molecular weight is 463 g/mol. The van der Waals surface area contributed by atoms with Gasteiger partial charge in [-0.2, -0.15) is 9.61 Å². The Morgan fingerprint density at radius 1 is 1.18 bits per heavy atom. The Labute approximate surface area is 194 Å². The Balaban J connectivity index is 1.41. The van der Waals surface area contributed by atoms with E-state index >= 15 is 0 Å². The lowest BCUT2D eigenvalue weighted by atomic mass is 9.89. The number of nitrogens with zero attached hydrogens (tertiary/aromatic N) is 5. The number of rotatable bonds is 5. The molecule has 0 unspecified atom stereocenters. The van der Waals surface area contributed by atoms with Crippen molar-refractivity contribution in [3.8, 4) is 22.6 Å². The summed E-state index contributed by atoms with van der Waals surface area (Å²) in [5.41, 5.74) is 3.06. The van der Waals surface area contributed by atoms with Crippen molar-refractivity contribution in [3.05, 3.63) is 42.4 Å². The van der Waals surface area contributed by atoms with Crippen LogP contribution in [0.15, 0.2) is 36.8 Å². The number of aliphatic hydroxyl groups is 2. The van der Waals surface area contributed by atoms with Crippen molar-refractivity contribution in [1.29, 1.82) is 0 Å². The second kappa shape index (κ2) is 8.05. The quantitative estimate of drug-likeness (QED) is 0.343. The number of anilines is 1. The summed E-state index contributed by atoms with van der Waals surface area (Å²) in [5, 5.41) is 30.5. The van der Waals surface area contributed by atoms with Crippen LogP contribution in [-0.2, 0) is 4.74 Å². The Kier molecular flexibility index (Phi) is 4.97. The molecule has 2 aromatic heterocycles. The van der Waals surface area contributed by atoms with Gasteiger partial charge >= 0.3 is 0 Å². The molecule has 4 atom stereocenters. The zero-order valence-electron chi connectivity index (χ0n) is 18.5. The number of pyridine rings is 1. The number of hydrogen-bond acceptors (Lipinski definition) is 8. The number of amides is 1. The maximum atomic E-state index is 12.9. The summed E-state index contributed by atoms with van der Waals surface area (Å²) in [4.78, 5) is 22.3. The van der Waals surface area contributed by atoms with E-state index in [1.54, 1.807) is 17.8 Å². The second-order valence-corrected chi connectivity index (χ2v) is 8.79. The first-order valence-corrected chi connectivity index (χ1v) is 11.3. The van der Waals surface area contributed by atoms with E-state index < -0.39 is 12.2 Å². The molecule has 1 amide bonds. The van der Waals surface area contributed by atoms with Crippen molar-refractivity contribution >= 4 is 17.4 Å². The summed E-state index contributed by atoms with van der Waals surface area (Å²) in [6, 6.07) is 5.28. The molecular weight excluding hydrogens is 438 g/mol. The van der Waals surface area contributed by atoms with Crippen LogP contribution in [0, 0.1) is 0 Å². The Morgan fingerprint density at radius 2 is 2.06 bits per heavy atom. The van der Waals surface area contributed by atoms with E-state index in [-0.39, 0.29) is 18.0 Å². The highest BCUT2D eigenvalue weighted by atomic mass is 16.5. The van der Waals surface area contributed by atoms with E-state index in [4.69, 9.17) is 9.72 Å². The molecule has 0 aromatic carbocycles. The minimum absolute atomic E-state index is 0.207. The third kappa shape index (κ3) is 3.23. The van der Waals surface area contributed by atoms with Crippen molar-refractivity contribution in [2.75, 3.05) is 25.6 Å². The third-order valence-electron chi connectivity index (χ3n) is 6.78. The standard InChI is InChI=1S/C23H25N7O4/c1-24-20-7-16(27-22-14(9-26-30(20)22)23(33)28-15-4-5-18(15)31)13-8-25-21-12(13)3-2-6-29(21)17-10-34-11-19(17)32/h2-3,6-9,15,17-19,24,31-32H,4-5,10-11H2,1H3,(H,28,33)/t15-,17-,18+,19-/m1/s1. The summed E-state index contributed by atoms with van der Waals surface area (Å²) in [6.45, 7) is 0.723. The SMILES string of the molecule is CNc1cc(-c2cnc3n([C@@H]4COC[C@H]4O)cccc2-3)nc2c(C(=O)N[C@@H]3CC[C@@H]3O)cnn12. The summed E-state index contributed by atoms with van der Waals surface area (Å²) in [7, 11) is 1.78. The Morgan fingerprint density at radius 3 is 2.76 bits per heavy atom. The largest absolute Gasteiger partial charge is 0.391 e. The highest BCUT2D eigenvalue weighted by molar-refractivity contribution is 6.00. The molecule has 0 bridgehead atoms. The van der Waals surface area contributed by atoms with Gasteiger partial charge in [0.25, 0.3) is 5.91 Å². The summed E-state index contributed by atoms with van der Waals surface area (Å²) < 4.78 is 8.96. The molecule has 11 heteroatoms. The van der Waals surface area contributed by atoms with Crippen molar-refractivity contribution in [1.82, 2.24) is 29.5 Å². The van der Waals surface area contributed by atoms with Crippen LogP contribution in [-0.4, -0.2) is 78.8 Å². The first-order chi connectivity index (χ1) is 16.5. The van der Waals surface area contributed by atoms with Gasteiger partial charge in [-0.25, -0.2) is 9.97 Å². The number of hydrogen-bond donors (Lipinski definition) is 4. The number of fused-ring (bicyclic) bond motifs is 2. The number of aromatic nitrogens is 5. The number of carbonyl (C=O) groups excluding carboxylic acids is 1. The Hall–Kier alpha value is -3.54. The van der Waals surface area contributed by atoms with Gasteiger partial charge in [0.2, 0.25) is 0 Å². The lowest BCUT2D eigenvalue weighted by Gasteiger charge is -2.32. The fraction of sp³-hybridized carbons (Fsp3) is 0.391. The molecule has 11 nitrogen and oxygen atoms in total. The fourth-order valence-electron chi connectivity index (χ4n) is 4.66. The Bertz CT molecular complexity index is 1350.